The monoisotopic (exact) mass is 126 g/mol. The van der Waals surface area contributed by atoms with Crippen LogP contribution in [0, 0.1) is 11.8 Å². The van der Waals surface area contributed by atoms with Crippen molar-refractivity contribution in [2.45, 2.75) is 0 Å². The molecule has 0 bridgehead atoms. The van der Waals surface area contributed by atoms with E-state index in [2.05, 4.69) is 0 Å². The summed E-state index contributed by atoms with van der Waals surface area (Å²) in [6, 6.07) is 0. The minimum atomic E-state index is -1.73. The van der Waals surface area contributed by atoms with E-state index >= 15 is 0 Å². The van der Waals surface area contributed by atoms with Gasteiger partial charge in [-0.15, -0.1) is 0 Å². The van der Waals surface area contributed by atoms with E-state index in [0.29, 0.717) is 0 Å². The standard InChI is InChI=1S/C4H2O4.2Li/c5-3(6)1-2-4(7)8;;/h(H,5,6)(H,7,8);;/q;2*+1/p-2. The minimum Gasteiger partial charge on any atom is -0.537 e. The van der Waals surface area contributed by atoms with Gasteiger partial charge in [0.15, 0.2) is 0 Å². The number of carbonyl (C=O) groups excluding carboxylic acids is 2. The third-order valence-electron chi connectivity index (χ3n) is 0.267. The molecule has 42 valence electrons. The maximum Gasteiger partial charge on any atom is 1.00 e. The zero-order valence-electron chi connectivity index (χ0n) is 5.63. The average Bonchev–Trinajstić information content (AvgIpc) is 1.61. The number of aliphatic carboxylic acids is 2. The molecule has 0 spiro atoms. The van der Waals surface area contributed by atoms with Crippen molar-refractivity contribution in [2.24, 2.45) is 0 Å². The summed E-state index contributed by atoms with van der Waals surface area (Å²) in [5, 5.41) is 18.7. The van der Waals surface area contributed by atoms with Crippen molar-refractivity contribution in [3.63, 3.8) is 0 Å². The van der Waals surface area contributed by atoms with Gasteiger partial charge in [0.1, 0.15) is 11.9 Å². The predicted octanol–water partition coefficient (Wildman–Crippen LogP) is -9.50. The van der Waals surface area contributed by atoms with Crippen molar-refractivity contribution in [2.75, 3.05) is 0 Å². The van der Waals surface area contributed by atoms with Crippen molar-refractivity contribution >= 4 is 11.9 Å². The molecule has 0 radical (unpaired) electrons. The van der Waals surface area contributed by atoms with Gasteiger partial charge in [0.2, 0.25) is 0 Å². The molecular weight excluding hydrogens is 126 g/mol. The molecule has 0 N–H and O–H groups in total. The second-order valence-corrected chi connectivity index (χ2v) is 0.825. The van der Waals surface area contributed by atoms with Crippen LogP contribution in [0.3, 0.4) is 0 Å². The summed E-state index contributed by atoms with van der Waals surface area (Å²) >= 11 is 0. The quantitative estimate of drug-likeness (QED) is 0.238. The molecule has 0 unspecified atom stereocenters. The Bertz CT molecular complexity index is 159. The Hall–Kier alpha value is -0.305. The van der Waals surface area contributed by atoms with E-state index in [1.807, 2.05) is 0 Å². The van der Waals surface area contributed by atoms with Crippen molar-refractivity contribution < 1.29 is 57.5 Å². The van der Waals surface area contributed by atoms with Crippen molar-refractivity contribution in [1.29, 1.82) is 0 Å². The first-order valence-corrected chi connectivity index (χ1v) is 1.57. The SMILES string of the molecule is O=C([O-])C#CC(=O)[O-].[Li+].[Li+]. The van der Waals surface area contributed by atoms with E-state index in [9.17, 15) is 19.8 Å². The fraction of sp³-hybridized carbons (Fsp3) is 0. The van der Waals surface area contributed by atoms with Crippen LogP contribution in [-0.4, -0.2) is 11.9 Å². The fourth-order valence-corrected chi connectivity index (χ4v) is 0.102. The van der Waals surface area contributed by atoms with Crippen LogP contribution >= 0.6 is 0 Å². The predicted molar refractivity (Wildman–Crippen MR) is 17.8 cm³/mol. The first-order chi connectivity index (χ1) is 3.63. The molecule has 0 aromatic rings. The van der Waals surface area contributed by atoms with Crippen LogP contribution in [0.4, 0.5) is 0 Å². The summed E-state index contributed by atoms with van der Waals surface area (Å²) in [7, 11) is 0. The van der Waals surface area contributed by atoms with Gasteiger partial charge in [-0.3, -0.25) is 0 Å². The molecule has 0 aromatic carbocycles. The Morgan fingerprint density at radius 3 is 1.20 bits per heavy atom. The van der Waals surface area contributed by atoms with E-state index in [1.165, 1.54) is 11.8 Å². The summed E-state index contributed by atoms with van der Waals surface area (Å²) in [5.41, 5.74) is 0. The second-order valence-electron chi connectivity index (χ2n) is 0.825. The van der Waals surface area contributed by atoms with E-state index < -0.39 is 11.9 Å². The maximum atomic E-state index is 9.33. The Balaban J connectivity index is -0.000000245. The Kier molecular flexibility index (Phi) is 14.2. The molecule has 0 aromatic heterocycles. The topological polar surface area (TPSA) is 80.3 Å². The van der Waals surface area contributed by atoms with Gasteiger partial charge in [-0.05, 0) is 11.8 Å². The molecule has 0 amide bonds. The van der Waals surface area contributed by atoms with E-state index in [4.69, 9.17) is 0 Å². The molecule has 0 aliphatic rings. The smallest absolute Gasteiger partial charge is 0.537 e. The van der Waals surface area contributed by atoms with Crippen LogP contribution in [0.2, 0.25) is 0 Å². The Morgan fingerprint density at radius 1 is 0.900 bits per heavy atom. The average molecular weight is 126 g/mol. The van der Waals surface area contributed by atoms with Crippen molar-refractivity contribution in [3.05, 3.63) is 0 Å². The molecule has 0 fully saturated rings. The van der Waals surface area contributed by atoms with Gasteiger partial charge in [0, 0.05) is 0 Å². The molecule has 0 atom stereocenters. The number of carbonyl (C=O) groups is 2. The molecule has 10 heavy (non-hydrogen) atoms. The third-order valence-corrected chi connectivity index (χ3v) is 0.267. The van der Waals surface area contributed by atoms with E-state index in [0.717, 1.165) is 0 Å². The number of rotatable bonds is 0. The summed E-state index contributed by atoms with van der Waals surface area (Å²) < 4.78 is 0. The van der Waals surface area contributed by atoms with Crippen LogP contribution in [0.5, 0.6) is 0 Å². The number of hydrogen-bond donors (Lipinski definition) is 0. The molecule has 0 saturated heterocycles. The largest absolute Gasteiger partial charge is 1.00 e. The molecule has 6 heteroatoms. The zero-order chi connectivity index (χ0) is 6.57. The van der Waals surface area contributed by atoms with Crippen molar-refractivity contribution in [3.8, 4) is 11.8 Å². The molecule has 0 rings (SSSR count). The van der Waals surface area contributed by atoms with Crippen molar-refractivity contribution in [1.82, 2.24) is 0 Å². The second kappa shape index (κ2) is 8.69. The summed E-state index contributed by atoms with van der Waals surface area (Å²) in [6.07, 6.45) is 0. The van der Waals surface area contributed by atoms with Crippen LogP contribution in [0.25, 0.3) is 0 Å². The van der Waals surface area contributed by atoms with Gasteiger partial charge in [-0.1, -0.05) is 0 Å². The zero-order valence-corrected chi connectivity index (χ0v) is 5.63. The normalized spacial score (nSPS) is 5.20. The Labute approximate surface area is 81.3 Å². The Morgan fingerprint density at radius 2 is 1.10 bits per heavy atom. The first kappa shape index (κ1) is 16.4. The molecular formula is C4Li2O4. The summed E-state index contributed by atoms with van der Waals surface area (Å²) in [6.45, 7) is 0. The van der Waals surface area contributed by atoms with Gasteiger partial charge >= 0.3 is 37.7 Å². The van der Waals surface area contributed by atoms with E-state index in [-0.39, 0.29) is 37.7 Å². The van der Waals surface area contributed by atoms with Gasteiger partial charge in [0.05, 0.1) is 0 Å². The van der Waals surface area contributed by atoms with Gasteiger partial charge in [-0.2, -0.15) is 0 Å². The summed E-state index contributed by atoms with van der Waals surface area (Å²) in [5.74, 6) is -0.978. The van der Waals surface area contributed by atoms with Gasteiger partial charge in [-0.25, -0.2) is 0 Å². The van der Waals surface area contributed by atoms with Crippen LogP contribution < -0.4 is 47.9 Å². The van der Waals surface area contributed by atoms with E-state index in [1.54, 1.807) is 0 Å². The third kappa shape index (κ3) is 15.6. The fourth-order valence-electron chi connectivity index (χ4n) is 0.102. The molecule has 0 aliphatic carbocycles. The van der Waals surface area contributed by atoms with Crippen LogP contribution in [-0.2, 0) is 9.59 Å². The molecule has 0 heterocycles. The van der Waals surface area contributed by atoms with Gasteiger partial charge < -0.3 is 19.8 Å². The minimum absolute atomic E-state index is 0. The molecule has 0 aliphatic heterocycles. The van der Waals surface area contributed by atoms with Crippen LogP contribution in [0.15, 0.2) is 0 Å². The first-order valence-electron chi connectivity index (χ1n) is 1.57. The molecule has 0 saturated carbocycles. The number of carboxylic acid groups (broad SMARTS) is 2. The molecule has 4 nitrogen and oxygen atoms in total. The van der Waals surface area contributed by atoms with Crippen LogP contribution in [0.1, 0.15) is 0 Å². The number of carboxylic acids is 2. The number of hydrogen-bond acceptors (Lipinski definition) is 4. The van der Waals surface area contributed by atoms with Gasteiger partial charge in [0.25, 0.3) is 0 Å². The summed E-state index contributed by atoms with van der Waals surface area (Å²) in [4.78, 5) is 18.7. The maximum absolute atomic E-state index is 9.33.